The maximum atomic E-state index is 4.44. The highest BCUT2D eigenvalue weighted by Gasteiger charge is 2.24. The van der Waals surface area contributed by atoms with E-state index in [0.29, 0.717) is 18.1 Å². The Morgan fingerprint density at radius 3 is 2.81 bits per heavy atom. The molecule has 1 aromatic heterocycles. The summed E-state index contributed by atoms with van der Waals surface area (Å²) in [4.78, 5) is 7.06. The summed E-state index contributed by atoms with van der Waals surface area (Å²) in [6, 6.07) is 1.63. The number of rotatable bonds is 4. The third kappa shape index (κ3) is 3.67. The van der Waals surface area contributed by atoms with E-state index in [9.17, 15) is 0 Å². The predicted octanol–water partition coefficient (Wildman–Crippen LogP) is 3.13. The molecule has 3 heterocycles. The first-order valence-electron chi connectivity index (χ1n) is 8.74. The van der Waals surface area contributed by atoms with Gasteiger partial charge in [0.25, 0.3) is 0 Å². The molecule has 0 spiro atoms. The Bertz CT molecular complexity index is 436. The normalized spacial score (nSPS) is 29.4. The number of hydrogen-bond donors (Lipinski definition) is 1. The van der Waals surface area contributed by atoms with Gasteiger partial charge in [-0.15, -0.1) is 0 Å². The van der Waals surface area contributed by atoms with Crippen LogP contribution >= 0.6 is 0 Å². The van der Waals surface area contributed by atoms with Crippen molar-refractivity contribution in [3.05, 3.63) is 18.2 Å². The molecule has 0 aliphatic carbocycles. The third-order valence-corrected chi connectivity index (χ3v) is 5.11. The van der Waals surface area contributed by atoms with Gasteiger partial charge in [-0.2, -0.15) is 0 Å². The van der Waals surface area contributed by atoms with Gasteiger partial charge >= 0.3 is 0 Å². The lowest BCUT2D eigenvalue weighted by Crippen LogP contribution is -2.37. The molecule has 2 aliphatic heterocycles. The minimum atomic E-state index is 0.486. The number of nitrogens with zero attached hydrogens (tertiary/aromatic N) is 3. The fraction of sp³-hybridized carbons (Fsp3) is 0.824. The molecule has 0 saturated carbocycles. The second-order valence-corrected chi connectivity index (χ2v) is 6.99. The molecule has 4 nitrogen and oxygen atoms in total. The van der Waals surface area contributed by atoms with E-state index in [1.807, 2.05) is 6.33 Å². The van der Waals surface area contributed by atoms with Crippen LogP contribution in [0.1, 0.15) is 70.2 Å². The summed E-state index contributed by atoms with van der Waals surface area (Å²) in [7, 11) is 0. The van der Waals surface area contributed by atoms with Crippen LogP contribution in [0.3, 0.4) is 0 Å². The number of piperidine rings is 2. The molecule has 1 N–H and O–H groups in total. The first-order chi connectivity index (χ1) is 10.2. The van der Waals surface area contributed by atoms with E-state index >= 15 is 0 Å². The van der Waals surface area contributed by atoms with E-state index in [1.165, 1.54) is 57.3 Å². The number of aromatic nitrogens is 2. The minimum absolute atomic E-state index is 0.486. The van der Waals surface area contributed by atoms with Crippen LogP contribution in [0.4, 0.5) is 0 Å². The zero-order valence-electron chi connectivity index (χ0n) is 13.6. The average Bonchev–Trinajstić information content (AvgIpc) is 2.98. The molecule has 0 radical (unpaired) electrons. The van der Waals surface area contributed by atoms with Crippen LogP contribution in [0, 0.1) is 0 Å². The first-order valence-corrected chi connectivity index (χ1v) is 8.74. The van der Waals surface area contributed by atoms with Gasteiger partial charge in [-0.1, -0.05) is 6.42 Å². The Kier molecular flexibility index (Phi) is 4.96. The Hall–Kier alpha value is -0.870. The minimum Gasteiger partial charge on any atom is -0.329 e. The van der Waals surface area contributed by atoms with E-state index < -0.39 is 0 Å². The van der Waals surface area contributed by atoms with E-state index in [0.717, 1.165) is 6.54 Å². The highest BCUT2D eigenvalue weighted by Crippen LogP contribution is 2.27. The Morgan fingerprint density at radius 1 is 1.24 bits per heavy atom. The number of imidazole rings is 1. The molecule has 3 unspecified atom stereocenters. The van der Waals surface area contributed by atoms with Crippen LogP contribution in [0.15, 0.2) is 12.5 Å². The summed E-state index contributed by atoms with van der Waals surface area (Å²) in [5.41, 5.74) is 1.38. The molecule has 1 aromatic rings. The Morgan fingerprint density at radius 2 is 2.05 bits per heavy atom. The number of hydrogen-bond acceptors (Lipinski definition) is 3. The molecule has 2 saturated heterocycles. The number of nitrogens with one attached hydrogen (secondary N) is 1. The van der Waals surface area contributed by atoms with Crippen molar-refractivity contribution in [2.45, 2.75) is 70.5 Å². The Labute approximate surface area is 128 Å². The lowest BCUT2D eigenvalue weighted by atomic mass is 9.97. The van der Waals surface area contributed by atoms with Crippen LogP contribution in [0.25, 0.3) is 0 Å². The molecule has 3 rings (SSSR count). The molecule has 2 fully saturated rings. The zero-order chi connectivity index (χ0) is 14.7. The second kappa shape index (κ2) is 6.93. The van der Waals surface area contributed by atoms with Gasteiger partial charge in [0.1, 0.15) is 0 Å². The summed E-state index contributed by atoms with van der Waals surface area (Å²) in [6.07, 6.45) is 12.1. The second-order valence-electron chi connectivity index (χ2n) is 6.99. The van der Waals surface area contributed by atoms with Crippen molar-refractivity contribution in [3.8, 4) is 0 Å². The molecule has 0 bridgehead atoms. The molecule has 2 aliphatic rings. The van der Waals surface area contributed by atoms with Gasteiger partial charge in [-0.3, -0.25) is 0 Å². The summed E-state index contributed by atoms with van der Waals surface area (Å²) < 4.78 is 2.41. The van der Waals surface area contributed by atoms with Crippen molar-refractivity contribution in [2.75, 3.05) is 19.6 Å². The molecule has 0 aromatic carbocycles. The molecular weight excluding hydrogens is 260 g/mol. The molecule has 0 amide bonds. The van der Waals surface area contributed by atoms with Gasteiger partial charge in [-0.25, -0.2) is 4.98 Å². The fourth-order valence-corrected chi connectivity index (χ4v) is 3.93. The highest BCUT2D eigenvalue weighted by molar-refractivity contribution is 5.08. The summed E-state index contributed by atoms with van der Waals surface area (Å²) in [5, 5.41) is 3.74. The van der Waals surface area contributed by atoms with Gasteiger partial charge in [-0.05, 0) is 59.0 Å². The van der Waals surface area contributed by atoms with E-state index in [4.69, 9.17) is 0 Å². The van der Waals surface area contributed by atoms with Crippen molar-refractivity contribution in [3.63, 3.8) is 0 Å². The van der Waals surface area contributed by atoms with Crippen molar-refractivity contribution in [1.82, 2.24) is 19.8 Å². The van der Waals surface area contributed by atoms with Gasteiger partial charge in [0.15, 0.2) is 0 Å². The van der Waals surface area contributed by atoms with Gasteiger partial charge in [0.05, 0.1) is 12.0 Å². The van der Waals surface area contributed by atoms with Gasteiger partial charge in [0.2, 0.25) is 0 Å². The van der Waals surface area contributed by atoms with Gasteiger partial charge < -0.3 is 14.8 Å². The zero-order valence-corrected chi connectivity index (χ0v) is 13.6. The first kappa shape index (κ1) is 15.0. The van der Waals surface area contributed by atoms with Crippen LogP contribution in [0.2, 0.25) is 0 Å². The predicted molar refractivity (Wildman–Crippen MR) is 86.4 cm³/mol. The maximum absolute atomic E-state index is 4.44. The summed E-state index contributed by atoms with van der Waals surface area (Å²) in [5.74, 6) is 0. The fourth-order valence-electron chi connectivity index (χ4n) is 3.93. The molecule has 118 valence electrons. The van der Waals surface area contributed by atoms with Gasteiger partial charge in [0, 0.05) is 30.9 Å². The molecule has 4 heteroatoms. The third-order valence-electron chi connectivity index (χ3n) is 5.11. The molecular formula is C17H30N4. The topological polar surface area (TPSA) is 33.1 Å². The summed E-state index contributed by atoms with van der Waals surface area (Å²) in [6.45, 7) is 8.34. The monoisotopic (exact) mass is 290 g/mol. The molecule has 3 atom stereocenters. The highest BCUT2D eigenvalue weighted by atomic mass is 15.2. The van der Waals surface area contributed by atoms with Crippen molar-refractivity contribution in [1.29, 1.82) is 0 Å². The van der Waals surface area contributed by atoms with Crippen LogP contribution in [-0.4, -0.2) is 40.1 Å². The summed E-state index contributed by atoms with van der Waals surface area (Å²) >= 11 is 0. The number of likely N-dealkylation sites (tertiary alicyclic amines) is 1. The lowest BCUT2D eigenvalue weighted by Gasteiger charge is -2.33. The average molecular weight is 290 g/mol. The Balaban J connectivity index is 1.66. The standard InChI is InChI=1S/C17H30N4/c1-14-7-6-8-16(19-14)17-11-18-13-21(17)15(2)12-20-9-4-3-5-10-20/h11,13-16,19H,3-10,12H2,1-2H3. The van der Waals surface area contributed by atoms with E-state index in [2.05, 4.69) is 39.8 Å². The van der Waals surface area contributed by atoms with E-state index in [1.54, 1.807) is 0 Å². The maximum Gasteiger partial charge on any atom is 0.0951 e. The lowest BCUT2D eigenvalue weighted by molar-refractivity contribution is 0.198. The van der Waals surface area contributed by atoms with Crippen LogP contribution < -0.4 is 5.32 Å². The van der Waals surface area contributed by atoms with Crippen molar-refractivity contribution >= 4 is 0 Å². The molecule has 21 heavy (non-hydrogen) atoms. The van der Waals surface area contributed by atoms with Crippen molar-refractivity contribution < 1.29 is 0 Å². The smallest absolute Gasteiger partial charge is 0.0951 e. The van der Waals surface area contributed by atoms with Crippen LogP contribution in [0.5, 0.6) is 0 Å². The largest absolute Gasteiger partial charge is 0.329 e. The van der Waals surface area contributed by atoms with Crippen LogP contribution in [-0.2, 0) is 0 Å². The van der Waals surface area contributed by atoms with E-state index in [-0.39, 0.29) is 0 Å². The van der Waals surface area contributed by atoms with Crippen molar-refractivity contribution in [2.24, 2.45) is 0 Å². The quantitative estimate of drug-likeness (QED) is 0.925. The SMILES string of the molecule is CC1CCCC(c2cncn2C(C)CN2CCCCC2)N1.